The minimum atomic E-state index is -1.06. The Morgan fingerprint density at radius 3 is 2.84 bits per heavy atom. The quantitative estimate of drug-likeness (QED) is 0.861. The highest BCUT2D eigenvalue weighted by atomic mass is 19.1. The highest BCUT2D eigenvalue weighted by molar-refractivity contribution is 5.99. The first-order valence-corrected chi connectivity index (χ1v) is 8.16. The average molecular weight is 347 g/mol. The van der Waals surface area contributed by atoms with E-state index in [-0.39, 0.29) is 17.7 Å². The predicted octanol–water partition coefficient (Wildman–Crippen LogP) is 1.88. The number of hydrogen-bond donors (Lipinski definition) is 2. The summed E-state index contributed by atoms with van der Waals surface area (Å²) in [5, 5.41) is 6.60. The molecule has 2 unspecified atom stereocenters. The maximum Gasteiger partial charge on any atom is 0.245 e. The molecule has 2 atom stereocenters. The van der Waals surface area contributed by atoms with Crippen LogP contribution in [0.4, 0.5) is 10.1 Å². The Balaban J connectivity index is 1.75. The lowest BCUT2D eigenvalue weighted by Gasteiger charge is -2.57. The number of hydrogen-bond acceptors (Lipinski definition) is 5. The molecule has 1 amide bonds. The van der Waals surface area contributed by atoms with Gasteiger partial charge in [0, 0.05) is 24.1 Å². The SMILES string of the molecule is CCOC1CC(N)(C(=O)Nc2ccc(-n3cncn3)c(F)c2)C1(C)C. The molecule has 0 bridgehead atoms. The lowest BCUT2D eigenvalue weighted by molar-refractivity contribution is -0.166. The van der Waals surface area contributed by atoms with Crippen molar-refractivity contribution >= 4 is 11.6 Å². The minimum Gasteiger partial charge on any atom is -0.378 e. The first kappa shape index (κ1) is 17.5. The normalized spacial score (nSPS) is 24.6. The number of rotatable bonds is 5. The van der Waals surface area contributed by atoms with Crippen LogP contribution in [-0.2, 0) is 9.53 Å². The highest BCUT2D eigenvalue weighted by Gasteiger charge is 2.62. The van der Waals surface area contributed by atoms with E-state index in [1.165, 1.54) is 29.5 Å². The van der Waals surface area contributed by atoms with Gasteiger partial charge in [0.25, 0.3) is 0 Å². The van der Waals surface area contributed by atoms with Crippen molar-refractivity contribution in [3.8, 4) is 5.69 Å². The van der Waals surface area contributed by atoms with Crippen LogP contribution in [0.1, 0.15) is 27.2 Å². The van der Waals surface area contributed by atoms with E-state index in [4.69, 9.17) is 10.5 Å². The molecule has 25 heavy (non-hydrogen) atoms. The summed E-state index contributed by atoms with van der Waals surface area (Å²) in [7, 11) is 0. The summed E-state index contributed by atoms with van der Waals surface area (Å²) < 4.78 is 21.2. The number of nitrogens with one attached hydrogen (secondary N) is 1. The molecule has 1 saturated carbocycles. The molecule has 7 nitrogen and oxygen atoms in total. The fraction of sp³-hybridized carbons (Fsp3) is 0.471. The van der Waals surface area contributed by atoms with Gasteiger partial charge in [-0.2, -0.15) is 5.10 Å². The van der Waals surface area contributed by atoms with E-state index in [9.17, 15) is 9.18 Å². The molecule has 1 fully saturated rings. The number of carbonyl (C=O) groups excluding carboxylic acids is 1. The van der Waals surface area contributed by atoms with Crippen LogP contribution < -0.4 is 11.1 Å². The van der Waals surface area contributed by atoms with E-state index >= 15 is 0 Å². The van der Waals surface area contributed by atoms with Gasteiger partial charge < -0.3 is 15.8 Å². The van der Waals surface area contributed by atoms with Crippen molar-refractivity contribution in [2.45, 2.75) is 38.8 Å². The van der Waals surface area contributed by atoms with E-state index < -0.39 is 16.8 Å². The van der Waals surface area contributed by atoms with E-state index in [2.05, 4.69) is 15.4 Å². The van der Waals surface area contributed by atoms with Crippen LogP contribution in [0.2, 0.25) is 0 Å². The fourth-order valence-corrected chi connectivity index (χ4v) is 3.17. The number of ether oxygens (including phenoxy) is 1. The lowest BCUT2D eigenvalue weighted by atomic mass is 9.54. The van der Waals surface area contributed by atoms with Crippen molar-refractivity contribution in [2.24, 2.45) is 11.1 Å². The number of benzene rings is 1. The number of aromatic nitrogens is 3. The summed E-state index contributed by atoms with van der Waals surface area (Å²) in [6.07, 6.45) is 3.08. The second-order valence-corrected chi connectivity index (χ2v) is 6.80. The molecule has 134 valence electrons. The zero-order chi connectivity index (χ0) is 18.2. The van der Waals surface area contributed by atoms with Gasteiger partial charge in [-0.3, -0.25) is 4.79 Å². The van der Waals surface area contributed by atoms with E-state index in [1.54, 1.807) is 6.07 Å². The standard InChI is InChI=1S/C17H22FN5O2/c1-4-25-14-8-17(19,16(14,2)3)15(24)22-11-5-6-13(12(18)7-11)23-10-20-9-21-23/h5-7,9-10,14H,4,8,19H2,1-3H3,(H,22,24). The van der Waals surface area contributed by atoms with Gasteiger partial charge in [0.1, 0.15) is 23.9 Å². The molecule has 1 aromatic carbocycles. The van der Waals surface area contributed by atoms with Gasteiger partial charge in [-0.25, -0.2) is 14.1 Å². The molecule has 0 spiro atoms. The van der Waals surface area contributed by atoms with E-state index in [0.29, 0.717) is 18.7 Å². The summed E-state index contributed by atoms with van der Waals surface area (Å²) in [5.74, 6) is -0.865. The van der Waals surface area contributed by atoms with Crippen LogP contribution >= 0.6 is 0 Å². The first-order chi connectivity index (χ1) is 11.8. The molecule has 0 saturated heterocycles. The van der Waals surface area contributed by atoms with Crippen LogP contribution in [0.3, 0.4) is 0 Å². The van der Waals surface area contributed by atoms with Crippen molar-refractivity contribution in [1.29, 1.82) is 0 Å². The maximum atomic E-state index is 14.3. The van der Waals surface area contributed by atoms with Crippen molar-refractivity contribution in [3.63, 3.8) is 0 Å². The molecule has 8 heteroatoms. The topological polar surface area (TPSA) is 95.1 Å². The van der Waals surface area contributed by atoms with Crippen molar-refractivity contribution in [1.82, 2.24) is 14.8 Å². The zero-order valence-corrected chi connectivity index (χ0v) is 14.5. The van der Waals surface area contributed by atoms with Crippen LogP contribution in [0.15, 0.2) is 30.9 Å². The smallest absolute Gasteiger partial charge is 0.245 e. The Hall–Kier alpha value is -2.32. The van der Waals surface area contributed by atoms with Crippen LogP contribution in [-0.4, -0.2) is 38.9 Å². The lowest BCUT2D eigenvalue weighted by Crippen LogP contribution is -2.74. The zero-order valence-electron chi connectivity index (χ0n) is 14.5. The third kappa shape index (κ3) is 2.81. The third-order valence-electron chi connectivity index (χ3n) is 5.11. The van der Waals surface area contributed by atoms with Gasteiger partial charge >= 0.3 is 0 Å². The minimum absolute atomic E-state index is 0.0697. The van der Waals surface area contributed by atoms with E-state index in [1.807, 2.05) is 20.8 Å². The first-order valence-electron chi connectivity index (χ1n) is 8.16. The van der Waals surface area contributed by atoms with Gasteiger partial charge in [0.15, 0.2) is 5.82 Å². The van der Waals surface area contributed by atoms with Gasteiger partial charge in [-0.05, 0) is 25.1 Å². The summed E-state index contributed by atoms with van der Waals surface area (Å²) in [5.41, 5.74) is 5.35. The summed E-state index contributed by atoms with van der Waals surface area (Å²) in [6, 6.07) is 4.37. The van der Waals surface area contributed by atoms with Crippen LogP contribution in [0.25, 0.3) is 5.69 Å². The molecular formula is C17H22FN5O2. The van der Waals surface area contributed by atoms with Crippen molar-refractivity contribution < 1.29 is 13.9 Å². The fourth-order valence-electron chi connectivity index (χ4n) is 3.17. The molecule has 1 aliphatic carbocycles. The van der Waals surface area contributed by atoms with E-state index in [0.717, 1.165) is 0 Å². The second-order valence-electron chi connectivity index (χ2n) is 6.80. The molecular weight excluding hydrogens is 325 g/mol. The molecule has 3 rings (SSSR count). The average Bonchev–Trinajstić information content (AvgIpc) is 3.08. The summed E-state index contributed by atoms with van der Waals surface area (Å²) in [6.45, 7) is 6.29. The maximum absolute atomic E-state index is 14.3. The molecule has 3 N–H and O–H groups in total. The van der Waals surface area contributed by atoms with Crippen molar-refractivity contribution in [2.75, 3.05) is 11.9 Å². The number of carbonyl (C=O) groups is 1. The molecule has 1 aromatic heterocycles. The molecule has 0 radical (unpaired) electrons. The monoisotopic (exact) mass is 347 g/mol. The summed E-state index contributed by atoms with van der Waals surface area (Å²) in [4.78, 5) is 16.5. The molecule has 1 aliphatic rings. The molecule has 0 aliphatic heterocycles. The number of nitrogens with two attached hydrogens (primary N) is 1. The Labute approximate surface area is 145 Å². The highest BCUT2D eigenvalue weighted by Crippen LogP contribution is 2.50. The third-order valence-corrected chi connectivity index (χ3v) is 5.11. The van der Waals surface area contributed by atoms with Gasteiger partial charge in [0.05, 0.1) is 6.10 Å². The van der Waals surface area contributed by atoms with Crippen LogP contribution in [0, 0.1) is 11.2 Å². The molecule has 2 aromatic rings. The molecule has 1 heterocycles. The Morgan fingerprint density at radius 1 is 1.52 bits per heavy atom. The number of amides is 1. The van der Waals surface area contributed by atoms with Gasteiger partial charge in [0.2, 0.25) is 5.91 Å². The number of anilines is 1. The van der Waals surface area contributed by atoms with Gasteiger partial charge in [-0.15, -0.1) is 0 Å². The Morgan fingerprint density at radius 2 is 2.28 bits per heavy atom. The number of nitrogens with zero attached hydrogens (tertiary/aromatic N) is 3. The summed E-state index contributed by atoms with van der Waals surface area (Å²) >= 11 is 0. The second kappa shape index (κ2) is 6.20. The van der Waals surface area contributed by atoms with Crippen molar-refractivity contribution in [3.05, 3.63) is 36.7 Å². The predicted molar refractivity (Wildman–Crippen MR) is 90.7 cm³/mol. The largest absolute Gasteiger partial charge is 0.378 e. The van der Waals surface area contributed by atoms with Crippen LogP contribution in [0.5, 0.6) is 0 Å². The Kier molecular flexibility index (Phi) is 4.34. The van der Waals surface area contributed by atoms with Gasteiger partial charge in [-0.1, -0.05) is 13.8 Å². The Bertz CT molecular complexity index is 777. The number of halogens is 1.